The SMILES string of the molecule is CC(C)(C)[NH2+]CC(=O)N1CCc2sccc2[C@@H]1c1ccccc1. The zero-order valence-corrected chi connectivity index (χ0v) is 14.9. The van der Waals surface area contributed by atoms with Crippen molar-refractivity contribution in [2.24, 2.45) is 0 Å². The Morgan fingerprint density at radius 3 is 2.70 bits per heavy atom. The molecule has 1 aliphatic rings. The molecule has 122 valence electrons. The molecule has 0 spiro atoms. The predicted octanol–water partition coefficient (Wildman–Crippen LogP) is 2.58. The first-order valence-electron chi connectivity index (χ1n) is 8.21. The molecule has 0 aliphatic carbocycles. The van der Waals surface area contributed by atoms with E-state index >= 15 is 0 Å². The van der Waals surface area contributed by atoms with Gasteiger partial charge in [0.25, 0.3) is 5.91 Å². The molecule has 0 fully saturated rings. The lowest BCUT2D eigenvalue weighted by molar-refractivity contribution is -0.707. The van der Waals surface area contributed by atoms with Gasteiger partial charge in [-0.15, -0.1) is 11.3 Å². The highest BCUT2D eigenvalue weighted by molar-refractivity contribution is 7.10. The molecule has 23 heavy (non-hydrogen) atoms. The third kappa shape index (κ3) is 3.65. The van der Waals surface area contributed by atoms with Gasteiger partial charge in [-0.1, -0.05) is 30.3 Å². The second-order valence-electron chi connectivity index (χ2n) is 7.22. The second-order valence-corrected chi connectivity index (χ2v) is 8.22. The van der Waals surface area contributed by atoms with E-state index in [4.69, 9.17) is 0 Å². The van der Waals surface area contributed by atoms with E-state index < -0.39 is 0 Å². The summed E-state index contributed by atoms with van der Waals surface area (Å²) >= 11 is 1.81. The van der Waals surface area contributed by atoms with Crippen molar-refractivity contribution in [1.82, 2.24) is 4.90 Å². The van der Waals surface area contributed by atoms with Gasteiger partial charge in [-0.25, -0.2) is 0 Å². The van der Waals surface area contributed by atoms with Gasteiger partial charge in [0.1, 0.15) is 0 Å². The number of carbonyl (C=O) groups is 1. The Hall–Kier alpha value is -1.65. The summed E-state index contributed by atoms with van der Waals surface area (Å²) in [6, 6.07) is 12.6. The molecule has 1 aromatic carbocycles. The third-order valence-corrected chi connectivity index (χ3v) is 5.29. The quantitative estimate of drug-likeness (QED) is 0.923. The normalized spacial score (nSPS) is 17.9. The topological polar surface area (TPSA) is 36.9 Å². The Labute approximate surface area is 142 Å². The van der Waals surface area contributed by atoms with E-state index in [0.717, 1.165) is 13.0 Å². The maximum absolute atomic E-state index is 12.9. The Balaban J connectivity index is 1.88. The van der Waals surface area contributed by atoms with E-state index in [0.29, 0.717) is 6.54 Å². The lowest BCUT2D eigenvalue weighted by Crippen LogP contribution is -2.96. The van der Waals surface area contributed by atoms with Crippen LogP contribution >= 0.6 is 11.3 Å². The lowest BCUT2D eigenvalue weighted by Gasteiger charge is -2.36. The average molecular weight is 329 g/mol. The minimum absolute atomic E-state index is 0.0621. The van der Waals surface area contributed by atoms with Crippen LogP contribution in [-0.4, -0.2) is 29.4 Å². The Morgan fingerprint density at radius 1 is 1.26 bits per heavy atom. The summed E-state index contributed by atoms with van der Waals surface area (Å²) in [7, 11) is 0. The van der Waals surface area contributed by atoms with Crippen LogP contribution < -0.4 is 5.32 Å². The molecule has 4 heteroatoms. The first kappa shape index (κ1) is 16.2. The summed E-state index contributed by atoms with van der Waals surface area (Å²) in [5.41, 5.74) is 2.58. The van der Waals surface area contributed by atoms with Crippen molar-refractivity contribution in [1.29, 1.82) is 0 Å². The fourth-order valence-corrected chi connectivity index (χ4v) is 3.99. The van der Waals surface area contributed by atoms with Gasteiger partial charge in [-0.3, -0.25) is 4.79 Å². The molecule has 2 aromatic rings. The van der Waals surface area contributed by atoms with E-state index in [1.807, 2.05) is 17.4 Å². The van der Waals surface area contributed by atoms with Crippen molar-refractivity contribution < 1.29 is 10.1 Å². The highest BCUT2D eigenvalue weighted by Crippen LogP contribution is 2.37. The van der Waals surface area contributed by atoms with E-state index in [9.17, 15) is 4.79 Å². The summed E-state index contributed by atoms with van der Waals surface area (Å²) < 4.78 is 0. The minimum atomic E-state index is 0.0621. The maximum Gasteiger partial charge on any atom is 0.278 e. The van der Waals surface area contributed by atoms with Gasteiger partial charge in [-0.05, 0) is 49.8 Å². The van der Waals surface area contributed by atoms with E-state index in [1.165, 1.54) is 16.0 Å². The number of amides is 1. The molecule has 1 aromatic heterocycles. The number of quaternary nitrogens is 1. The summed E-state index contributed by atoms with van der Waals surface area (Å²) in [6.07, 6.45) is 0.970. The van der Waals surface area contributed by atoms with E-state index in [-0.39, 0.29) is 17.5 Å². The monoisotopic (exact) mass is 329 g/mol. The molecule has 0 bridgehead atoms. The first-order chi connectivity index (χ1) is 11.0. The highest BCUT2D eigenvalue weighted by Gasteiger charge is 2.33. The van der Waals surface area contributed by atoms with Crippen molar-refractivity contribution >= 4 is 17.2 Å². The summed E-state index contributed by atoms with van der Waals surface area (Å²) in [4.78, 5) is 16.3. The zero-order valence-electron chi connectivity index (χ0n) is 14.1. The fraction of sp³-hybridized carbons (Fsp3) is 0.421. The number of fused-ring (bicyclic) bond motifs is 1. The predicted molar refractivity (Wildman–Crippen MR) is 94.6 cm³/mol. The van der Waals surface area contributed by atoms with Crippen molar-refractivity contribution in [2.45, 2.75) is 38.8 Å². The molecule has 2 N–H and O–H groups in total. The molecule has 1 aliphatic heterocycles. The van der Waals surface area contributed by atoms with Crippen LogP contribution in [0.2, 0.25) is 0 Å². The van der Waals surface area contributed by atoms with Crippen LogP contribution in [0.25, 0.3) is 0 Å². The minimum Gasteiger partial charge on any atom is -0.334 e. The van der Waals surface area contributed by atoms with Crippen molar-refractivity contribution in [2.75, 3.05) is 13.1 Å². The van der Waals surface area contributed by atoms with Crippen LogP contribution in [0, 0.1) is 0 Å². The van der Waals surface area contributed by atoms with Gasteiger partial charge >= 0.3 is 0 Å². The van der Waals surface area contributed by atoms with Gasteiger partial charge in [-0.2, -0.15) is 0 Å². The molecule has 2 heterocycles. The molecule has 0 radical (unpaired) electrons. The first-order valence-corrected chi connectivity index (χ1v) is 9.09. The summed E-state index contributed by atoms with van der Waals surface area (Å²) in [5, 5.41) is 4.27. The molecular formula is C19H25N2OS+. The van der Waals surface area contributed by atoms with Gasteiger partial charge in [0.05, 0.1) is 11.6 Å². The van der Waals surface area contributed by atoms with Gasteiger partial charge < -0.3 is 10.2 Å². The molecule has 0 saturated carbocycles. The third-order valence-electron chi connectivity index (χ3n) is 4.29. The molecule has 0 unspecified atom stereocenters. The van der Waals surface area contributed by atoms with Gasteiger partial charge in [0.15, 0.2) is 6.54 Å². The number of nitrogens with zero attached hydrogens (tertiary/aromatic N) is 1. The molecular weight excluding hydrogens is 304 g/mol. The zero-order chi connectivity index (χ0) is 16.4. The molecule has 3 nitrogen and oxygen atoms in total. The van der Waals surface area contributed by atoms with E-state index in [2.05, 4.69) is 66.7 Å². The molecule has 1 atom stereocenters. The van der Waals surface area contributed by atoms with Crippen molar-refractivity contribution in [3.63, 3.8) is 0 Å². The largest absolute Gasteiger partial charge is 0.334 e. The maximum atomic E-state index is 12.9. The molecule has 0 saturated heterocycles. The lowest BCUT2D eigenvalue weighted by atomic mass is 9.93. The Kier molecular flexibility index (Phi) is 4.55. The van der Waals surface area contributed by atoms with Gasteiger partial charge in [0, 0.05) is 11.4 Å². The van der Waals surface area contributed by atoms with Crippen LogP contribution in [0.1, 0.15) is 42.8 Å². The van der Waals surface area contributed by atoms with Crippen molar-refractivity contribution in [3.8, 4) is 0 Å². The smallest absolute Gasteiger partial charge is 0.278 e. The van der Waals surface area contributed by atoms with E-state index in [1.54, 1.807) is 0 Å². The Bertz CT molecular complexity index is 672. The number of rotatable bonds is 3. The standard InChI is InChI=1S/C19H24N2OS/c1-19(2,3)20-13-17(22)21-11-9-16-15(10-12-23-16)18(21)14-7-5-4-6-8-14/h4-8,10,12,18,20H,9,11,13H2,1-3H3/p+1/t18-/m0/s1. The number of hydrogen-bond acceptors (Lipinski definition) is 2. The van der Waals surface area contributed by atoms with Crippen LogP contribution in [0.4, 0.5) is 0 Å². The second kappa shape index (κ2) is 6.46. The molecule has 3 rings (SSSR count). The average Bonchev–Trinajstić information content (AvgIpc) is 3.00. The summed E-state index contributed by atoms with van der Waals surface area (Å²) in [6.45, 7) is 7.74. The number of nitrogens with two attached hydrogens (primary N) is 1. The van der Waals surface area contributed by atoms with Crippen LogP contribution in [0.3, 0.4) is 0 Å². The fourth-order valence-electron chi connectivity index (χ4n) is 3.09. The Morgan fingerprint density at radius 2 is 2.00 bits per heavy atom. The number of benzene rings is 1. The van der Waals surface area contributed by atoms with Crippen LogP contribution in [0.5, 0.6) is 0 Å². The number of thiophene rings is 1. The molecule has 1 amide bonds. The van der Waals surface area contributed by atoms with Crippen LogP contribution in [0.15, 0.2) is 41.8 Å². The van der Waals surface area contributed by atoms with Gasteiger partial charge in [0.2, 0.25) is 0 Å². The summed E-state index contributed by atoms with van der Waals surface area (Å²) in [5.74, 6) is 0.227. The number of hydrogen-bond donors (Lipinski definition) is 1. The van der Waals surface area contributed by atoms with Crippen LogP contribution in [-0.2, 0) is 11.2 Å². The van der Waals surface area contributed by atoms with Crippen molar-refractivity contribution in [3.05, 3.63) is 57.8 Å². The number of carbonyl (C=O) groups excluding carboxylic acids is 1. The highest BCUT2D eigenvalue weighted by atomic mass is 32.1.